The maximum Gasteiger partial charge on any atom is 0.335 e. The zero-order chi connectivity index (χ0) is 24.8. The van der Waals surface area contributed by atoms with E-state index in [1.807, 2.05) is 12.3 Å². The van der Waals surface area contributed by atoms with Gasteiger partial charge in [-0.1, -0.05) is 6.07 Å². The topological polar surface area (TPSA) is 68.8 Å². The van der Waals surface area contributed by atoms with E-state index in [2.05, 4.69) is 39.9 Å². The molecule has 2 N–H and O–H groups in total. The lowest BCUT2D eigenvalue weighted by Crippen LogP contribution is -2.49. The molecule has 6 rings (SSSR count). The normalized spacial score (nSPS) is 21.0. The number of aromatic amines is 1. The lowest BCUT2D eigenvalue weighted by Gasteiger charge is -2.43. The van der Waals surface area contributed by atoms with E-state index >= 15 is 0 Å². The summed E-state index contributed by atoms with van der Waals surface area (Å²) in [6.07, 6.45) is 8.81. The number of carboxylic acids is 1. The van der Waals surface area contributed by atoms with Crippen molar-refractivity contribution in [2.75, 3.05) is 33.3 Å². The standard InChI is InChI=1S/C30H37N3O3/c1-19-15-28(36-2)26(24-11-12-31-29(19)24)17-33-14-13-32(16-20-7-8-20)18-27(33)23-9-10-25(30(34)35)22-6-4-3-5-21(22)23/h9-12,15,20,27,31H,3-8,13-14,16-18H2,1-2H3,(H,34,35)/t27-/m0/s1. The highest BCUT2D eigenvalue weighted by Crippen LogP contribution is 2.39. The Bertz CT molecular complexity index is 1290. The van der Waals surface area contributed by atoms with Gasteiger partial charge >= 0.3 is 5.97 Å². The van der Waals surface area contributed by atoms with Crippen LogP contribution >= 0.6 is 0 Å². The third-order valence-electron chi connectivity index (χ3n) is 8.64. The van der Waals surface area contributed by atoms with Gasteiger partial charge < -0.3 is 14.8 Å². The molecule has 1 saturated carbocycles. The second kappa shape index (κ2) is 9.56. The number of H-pyrrole nitrogens is 1. The molecule has 1 aliphatic heterocycles. The summed E-state index contributed by atoms with van der Waals surface area (Å²) in [7, 11) is 1.77. The average Bonchev–Trinajstić information content (AvgIpc) is 3.56. The number of fused-ring (bicyclic) bond motifs is 2. The molecule has 0 bridgehead atoms. The van der Waals surface area contributed by atoms with Gasteiger partial charge in [-0.15, -0.1) is 0 Å². The van der Waals surface area contributed by atoms with Crippen LogP contribution in [0.1, 0.15) is 69.9 Å². The molecule has 3 aromatic rings. The summed E-state index contributed by atoms with van der Waals surface area (Å²) in [6, 6.07) is 8.56. The molecule has 2 aromatic carbocycles. The molecule has 0 unspecified atom stereocenters. The van der Waals surface area contributed by atoms with Crippen molar-refractivity contribution in [2.24, 2.45) is 5.92 Å². The van der Waals surface area contributed by atoms with Crippen LogP contribution in [0.4, 0.5) is 0 Å². The van der Waals surface area contributed by atoms with Crippen LogP contribution in [-0.4, -0.2) is 59.1 Å². The second-order valence-electron chi connectivity index (χ2n) is 11.0. The molecule has 6 heteroatoms. The second-order valence-corrected chi connectivity index (χ2v) is 11.0. The molecule has 0 radical (unpaired) electrons. The number of piperazine rings is 1. The van der Waals surface area contributed by atoms with E-state index in [-0.39, 0.29) is 6.04 Å². The Hall–Kier alpha value is -2.83. The van der Waals surface area contributed by atoms with Crippen molar-refractivity contribution in [1.82, 2.24) is 14.8 Å². The van der Waals surface area contributed by atoms with Crippen LogP contribution in [0.25, 0.3) is 10.9 Å². The summed E-state index contributed by atoms with van der Waals surface area (Å²) in [5, 5.41) is 11.1. The van der Waals surface area contributed by atoms with Crippen molar-refractivity contribution in [1.29, 1.82) is 0 Å². The fourth-order valence-corrected chi connectivity index (χ4v) is 6.58. The van der Waals surface area contributed by atoms with Crippen LogP contribution < -0.4 is 4.74 Å². The van der Waals surface area contributed by atoms with Gasteiger partial charge in [0, 0.05) is 61.4 Å². The number of carboxylic acid groups (broad SMARTS) is 1. The van der Waals surface area contributed by atoms with Gasteiger partial charge in [0.2, 0.25) is 0 Å². The van der Waals surface area contributed by atoms with Gasteiger partial charge in [-0.05, 0) is 91.8 Å². The fourth-order valence-electron chi connectivity index (χ4n) is 6.58. The number of hydrogen-bond acceptors (Lipinski definition) is 4. The van der Waals surface area contributed by atoms with Crippen molar-refractivity contribution in [3.8, 4) is 5.75 Å². The van der Waals surface area contributed by atoms with E-state index in [9.17, 15) is 9.90 Å². The van der Waals surface area contributed by atoms with Crippen LogP contribution in [0.3, 0.4) is 0 Å². The Labute approximate surface area is 213 Å². The van der Waals surface area contributed by atoms with E-state index in [0.29, 0.717) is 5.56 Å². The highest BCUT2D eigenvalue weighted by Gasteiger charge is 2.35. The first kappa shape index (κ1) is 23.6. The molecule has 36 heavy (non-hydrogen) atoms. The van der Waals surface area contributed by atoms with Gasteiger partial charge in [0.1, 0.15) is 5.75 Å². The van der Waals surface area contributed by atoms with Crippen LogP contribution in [0.15, 0.2) is 30.5 Å². The number of rotatable bonds is 7. The van der Waals surface area contributed by atoms with Crippen LogP contribution in [-0.2, 0) is 19.4 Å². The quantitative estimate of drug-likeness (QED) is 0.471. The highest BCUT2D eigenvalue weighted by atomic mass is 16.5. The summed E-state index contributed by atoms with van der Waals surface area (Å²) in [6.45, 7) is 7.20. The minimum Gasteiger partial charge on any atom is -0.496 e. The largest absolute Gasteiger partial charge is 0.496 e. The number of nitrogens with one attached hydrogen (secondary N) is 1. The first-order chi connectivity index (χ1) is 17.5. The minimum absolute atomic E-state index is 0.243. The number of aromatic nitrogens is 1. The monoisotopic (exact) mass is 487 g/mol. The molecule has 2 aliphatic carbocycles. The smallest absolute Gasteiger partial charge is 0.335 e. The van der Waals surface area contributed by atoms with Crippen molar-refractivity contribution in [3.05, 3.63) is 63.8 Å². The maximum absolute atomic E-state index is 12.0. The molecular formula is C30H37N3O3. The SMILES string of the molecule is COc1cc(C)c2[nH]ccc2c1CN1CCN(CC2CC2)C[C@H]1c1ccc(C(=O)O)c2c1CCCC2. The lowest BCUT2D eigenvalue weighted by atomic mass is 9.82. The molecule has 1 aromatic heterocycles. The average molecular weight is 488 g/mol. The van der Waals surface area contributed by atoms with Gasteiger partial charge in [-0.3, -0.25) is 9.80 Å². The Balaban J connectivity index is 1.40. The van der Waals surface area contributed by atoms with E-state index in [1.165, 1.54) is 52.5 Å². The summed E-state index contributed by atoms with van der Waals surface area (Å²) in [5.41, 5.74) is 7.82. The Morgan fingerprint density at radius 1 is 1.14 bits per heavy atom. The minimum atomic E-state index is -0.796. The first-order valence-electron chi connectivity index (χ1n) is 13.5. The third kappa shape index (κ3) is 4.31. The van der Waals surface area contributed by atoms with E-state index in [4.69, 9.17) is 4.74 Å². The number of aryl methyl sites for hydroxylation is 1. The molecular weight excluding hydrogens is 450 g/mol. The number of carbonyl (C=O) groups is 1. The van der Waals surface area contributed by atoms with Crippen molar-refractivity contribution in [3.63, 3.8) is 0 Å². The number of methoxy groups -OCH3 is 1. The van der Waals surface area contributed by atoms with Gasteiger partial charge in [0.15, 0.2) is 0 Å². The molecule has 1 saturated heterocycles. The fraction of sp³-hybridized carbons (Fsp3) is 0.500. The molecule has 0 spiro atoms. The van der Waals surface area contributed by atoms with Gasteiger partial charge in [0.25, 0.3) is 0 Å². The Morgan fingerprint density at radius 2 is 1.94 bits per heavy atom. The molecule has 190 valence electrons. The molecule has 2 heterocycles. The molecule has 2 fully saturated rings. The van der Waals surface area contributed by atoms with Crippen LogP contribution in [0.5, 0.6) is 5.75 Å². The Kier molecular flexibility index (Phi) is 6.26. The van der Waals surface area contributed by atoms with Crippen LogP contribution in [0.2, 0.25) is 0 Å². The number of nitrogens with zero attached hydrogens (tertiary/aromatic N) is 2. The zero-order valence-corrected chi connectivity index (χ0v) is 21.5. The molecule has 6 nitrogen and oxygen atoms in total. The van der Waals surface area contributed by atoms with E-state index in [0.717, 1.165) is 69.1 Å². The first-order valence-corrected chi connectivity index (χ1v) is 13.5. The summed E-state index contributed by atoms with van der Waals surface area (Å²) in [4.78, 5) is 20.7. The molecule has 3 aliphatic rings. The van der Waals surface area contributed by atoms with E-state index < -0.39 is 5.97 Å². The lowest BCUT2D eigenvalue weighted by molar-refractivity contribution is 0.0642. The van der Waals surface area contributed by atoms with Crippen LogP contribution in [0, 0.1) is 12.8 Å². The summed E-state index contributed by atoms with van der Waals surface area (Å²) in [5.74, 6) is 1.01. The third-order valence-corrected chi connectivity index (χ3v) is 8.64. The number of benzene rings is 2. The highest BCUT2D eigenvalue weighted by molar-refractivity contribution is 5.90. The molecule has 1 atom stereocenters. The van der Waals surface area contributed by atoms with Gasteiger partial charge in [-0.2, -0.15) is 0 Å². The van der Waals surface area contributed by atoms with Crippen molar-refractivity contribution in [2.45, 2.75) is 58.0 Å². The number of hydrogen-bond donors (Lipinski definition) is 2. The predicted molar refractivity (Wildman–Crippen MR) is 142 cm³/mol. The van der Waals surface area contributed by atoms with Crippen molar-refractivity contribution < 1.29 is 14.6 Å². The molecule has 0 amide bonds. The Morgan fingerprint density at radius 3 is 2.69 bits per heavy atom. The summed E-state index contributed by atoms with van der Waals surface area (Å²) < 4.78 is 5.88. The summed E-state index contributed by atoms with van der Waals surface area (Å²) >= 11 is 0. The zero-order valence-electron chi connectivity index (χ0n) is 21.5. The predicted octanol–water partition coefficient (Wildman–Crippen LogP) is 5.33. The number of aromatic carboxylic acids is 1. The van der Waals surface area contributed by atoms with Gasteiger partial charge in [0.05, 0.1) is 12.7 Å². The number of ether oxygens (including phenoxy) is 1. The maximum atomic E-state index is 12.0. The van der Waals surface area contributed by atoms with Crippen molar-refractivity contribution >= 4 is 16.9 Å². The van der Waals surface area contributed by atoms with Gasteiger partial charge in [-0.25, -0.2) is 4.79 Å². The van der Waals surface area contributed by atoms with E-state index in [1.54, 1.807) is 7.11 Å².